The second-order valence-corrected chi connectivity index (χ2v) is 10.5. The Morgan fingerprint density at radius 3 is 2.44 bits per heavy atom. The first-order valence-electron chi connectivity index (χ1n) is 10.5. The number of ether oxygens (including phenoxy) is 3. The van der Waals surface area contributed by atoms with Crippen molar-refractivity contribution < 1.29 is 32.5 Å². The molecule has 0 spiro atoms. The predicted octanol–water partition coefficient (Wildman–Crippen LogP) is 1.73. The van der Waals surface area contributed by atoms with Crippen molar-refractivity contribution in [3.8, 4) is 5.75 Å². The van der Waals surface area contributed by atoms with Crippen molar-refractivity contribution in [2.24, 2.45) is 11.3 Å². The number of sulfonamides is 1. The van der Waals surface area contributed by atoms with Crippen LogP contribution < -0.4 is 10.1 Å². The summed E-state index contributed by atoms with van der Waals surface area (Å²) in [7, 11) is -0.803. The number of rotatable bonds is 10. The monoisotopic (exact) mass is 470 g/mol. The van der Waals surface area contributed by atoms with Gasteiger partial charge in [0.2, 0.25) is 16.3 Å². The van der Waals surface area contributed by atoms with E-state index in [1.807, 2.05) is 6.08 Å². The molecule has 1 heterocycles. The summed E-state index contributed by atoms with van der Waals surface area (Å²) < 4.78 is 43.7. The van der Waals surface area contributed by atoms with Crippen LogP contribution in [0.15, 0.2) is 41.0 Å². The maximum atomic E-state index is 13.0. The molecule has 32 heavy (non-hydrogen) atoms. The summed E-state index contributed by atoms with van der Waals surface area (Å²) in [5.74, 6) is 0.451. The number of methoxy groups -OCH3 is 1. The van der Waals surface area contributed by atoms with Gasteiger partial charge in [0.25, 0.3) is 5.91 Å². The topological polar surface area (TPSA) is 114 Å². The third-order valence-corrected chi connectivity index (χ3v) is 7.22. The maximum absolute atomic E-state index is 13.0. The number of benzene rings is 1. The van der Waals surface area contributed by atoms with E-state index in [2.05, 4.69) is 26.1 Å². The molecular formula is C22H34N2O7S. The van der Waals surface area contributed by atoms with Gasteiger partial charge in [0, 0.05) is 26.6 Å². The molecule has 1 aliphatic rings. The van der Waals surface area contributed by atoms with E-state index in [1.165, 1.54) is 26.3 Å². The van der Waals surface area contributed by atoms with Crippen LogP contribution in [0.5, 0.6) is 5.75 Å². The highest BCUT2D eigenvalue weighted by Gasteiger charge is 2.34. The molecule has 9 nitrogen and oxygen atoms in total. The summed E-state index contributed by atoms with van der Waals surface area (Å²) in [6.45, 7) is 5.88. The zero-order valence-corrected chi connectivity index (χ0v) is 20.1. The van der Waals surface area contributed by atoms with Crippen LogP contribution in [-0.2, 0) is 24.3 Å². The number of likely N-dealkylation sites (N-methyl/N-ethyl adjacent to an activating group) is 1. The van der Waals surface area contributed by atoms with Crippen molar-refractivity contribution in [1.82, 2.24) is 9.62 Å². The van der Waals surface area contributed by atoms with Gasteiger partial charge >= 0.3 is 0 Å². The van der Waals surface area contributed by atoms with Crippen LogP contribution in [0.4, 0.5) is 0 Å². The van der Waals surface area contributed by atoms with E-state index in [9.17, 15) is 18.3 Å². The van der Waals surface area contributed by atoms with E-state index in [4.69, 9.17) is 14.2 Å². The van der Waals surface area contributed by atoms with Crippen molar-refractivity contribution in [2.45, 2.75) is 38.4 Å². The Labute approximate surface area is 190 Å². The van der Waals surface area contributed by atoms with Crippen molar-refractivity contribution in [3.63, 3.8) is 0 Å². The first-order chi connectivity index (χ1) is 15.0. The minimum absolute atomic E-state index is 0.0218. The molecule has 2 atom stereocenters. The van der Waals surface area contributed by atoms with Crippen molar-refractivity contribution in [1.29, 1.82) is 0 Å². The SMILES string of the molecule is CNC(=O)C1=C[C@@H](C(C)(C)C)C[C@@H](OCCN(CCO)S(=O)(=O)c2ccc(OC)cc2)O1. The number of carbonyl (C=O) groups excluding carboxylic acids is 1. The molecular weight excluding hydrogens is 436 g/mol. The van der Waals surface area contributed by atoms with Crippen LogP contribution in [-0.4, -0.2) is 70.5 Å². The van der Waals surface area contributed by atoms with Gasteiger partial charge in [-0.3, -0.25) is 4.79 Å². The number of aliphatic hydroxyl groups excluding tert-OH is 1. The van der Waals surface area contributed by atoms with E-state index in [1.54, 1.807) is 12.1 Å². The molecule has 10 heteroatoms. The minimum atomic E-state index is -3.83. The fraction of sp³-hybridized carbons (Fsp3) is 0.591. The molecule has 2 rings (SSSR count). The molecule has 1 aliphatic heterocycles. The van der Waals surface area contributed by atoms with Crippen LogP contribution in [0.25, 0.3) is 0 Å². The maximum Gasteiger partial charge on any atom is 0.285 e. The van der Waals surface area contributed by atoms with E-state index in [0.29, 0.717) is 12.2 Å². The number of nitrogens with one attached hydrogen (secondary N) is 1. The quantitative estimate of drug-likeness (QED) is 0.535. The van der Waals surface area contributed by atoms with Gasteiger partial charge in [-0.2, -0.15) is 4.31 Å². The largest absolute Gasteiger partial charge is 0.497 e. The van der Waals surface area contributed by atoms with Crippen LogP contribution in [0.1, 0.15) is 27.2 Å². The molecule has 0 fully saturated rings. The second-order valence-electron chi connectivity index (χ2n) is 8.54. The summed E-state index contributed by atoms with van der Waals surface area (Å²) >= 11 is 0. The molecule has 1 aromatic carbocycles. The van der Waals surface area contributed by atoms with E-state index in [0.717, 1.165) is 4.31 Å². The van der Waals surface area contributed by atoms with Crippen molar-refractivity contribution in [2.75, 3.05) is 40.5 Å². The molecule has 0 saturated heterocycles. The first kappa shape index (κ1) is 26.1. The fourth-order valence-electron chi connectivity index (χ4n) is 3.29. The zero-order valence-electron chi connectivity index (χ0n) is 19.3. The molecule has 0 aliphatic carbocycles. The van der Waals surface area contributed by atoms with Gasteiger partial charge in [0.1, 0.15) is 5.75 Å². The molecule has 0 bridgehead atoms. The van der Waals surface area contributed by atoms with Crippen LogP contribution >= 0.6 is 0 Å². The molecule has 0 radical (unpaired) electrons. The smallest absolute Gasteiger partial charge is 0.285 e. The van der Waals surface area contributed by atoms with Gasteiger partial charge in [-0.1, -0.05) is 20.8 Å². The van der Waals surface area contributed by atoms with Gasteiger partial charge in [-0.05, 0) is 41.7 Å². The number of allylic oxidation sites excluding steroid dienone is 1. The van der Waals surface area contributed by atoms with Crippen LogP contribution in [0, 0.1) is 11.3 Å². The number of hydrogen-bond donors (Lipinski definition) is 2. The van der Waals surface area contributed by atoms with Gasteiger partial charge in [0.15, 0.2) is 5.76 Å². The van der Waals surface area contributed by atoms with E-state index >= 15 is 0 Å². The molecule has 0 aromatic heterocycles. The third kappa shape index (κ3) is 6.68. The number of amides is 1. The Balaban J connectivity index is 2.07. The highest BCUT2D eigenvalue weighted by molar-refractivity contribution is 7.89. The molecule has 0 unspecified atom stereocenters. The number of nitrogens with zero attached hydrogens (tertiary/aromatic N) is 1. The lowest BCUT2D eigenvalue weighted by atomic mass is 9.77. The lowest BCUT2D eigenvalue weighted by molar-refractivity contribution is -0.152. The fourth-order valence-corrected chi connectivity index (χ4v) is 4.71. The molecule has 1 amide bonds. The Morgan fingerprint density at radius 1 is 1.25 bits per heavy atom. The van der Waals surface area contributed by atoms with Gasteiger partial charge in [-0.15, -0.1) is 0 Å². The number of carbonyl (C=O) groups is 1. The summed E-state index contributed by atoms with van der Waals surface area (Å²) in [6, 6.07) is 6.04. The van der Waals surface area contributed by atoms with Crippen LogP contribution in [0.2, 0.25) is 0 Å². The van der Waals surface area contributed by atoms with E-state index in [-0.39, 0.29) is 54.2 Å². The highest BCUT2D eigenvalue weighted by Crippen LogP contribution is 2.36. The normalized spacial score (nSPS) is 19.3. The molecule has 1 aromatic rings. The molecule has 180 valence electrons. The van der Waals surface area contributed by atoms with Gasteiger partial charge in [0.05, 0.1) is 25.2 Å². The summed E-state index contributed by atoms with van der Waals surface area (Å²) in [5, 5.41) is 11.9. The van der Waals surface area contributed by atoms with Gasteiger partial charge in [-0.25, -0.2) is 8.42 Å². The summed E-state index contributed by atoms with van der Waals surface area (Å²) in [5.41, 5.74) is -0.106. The zero-order chi connectivity index (χ0) is 23.9. The number of aliphatic hydroxyl groups is 1. The third-order valence-electron chi connectivity index (χ3n) is 5.31. The Bertz CT molecular complexity index is 892. The van der Waals surface area contributed by atoms with Gasteiger partial charge < -0.3 is 24.6 Å². The predicted molar refractivity (Wildman–Crippen MR) is 119 cm³/mol. The van der Waals surface area contributed by atoms with Crippen molar-refractivity contribution in [3.05, 3.63) is 36.1 Å². The lowest BCUT2D eigenvalue weighted by Crippen LogP contribution is -2.39. The van der Waals surface area contributed by atoms with Crippen LogP contribution in [0.3, 0.4) is 0 Å². The second kappa shape index (κ2) is 11.1. The highest BCUT2D eigenvalue weighted by atomic mass is 32.2. The lowest BCUT2D eigenvalue weighted by Gasteiger charge is -2.36. The molecule has 0 saturated carbocycles. The summed E-state index contributed by atoms with van der Waals surface area (Å²) in [4.78, 5) is 12.2. The minimum Gasteiger partial charge on any atom is -0.497 e. The Morgan fingerprint density at radius 2 is 1.91 bits per heavy atom. The first-order valence-corrected chi connectivity index (χ1v) is 11.9. The standard InChI is InChI=1S/C22H34N2O7S/c1-22(2,3)16-14-19(21(26)23-4)31-20(15-16)30-13-11-24(10-12-25)32(27,28)18-8-6-17(29-5)7-9-18/h6-9,14,16,20,25H,10-13,15H2,1-5H3,(H,23,26)/t16-,20+/m1/s1. The van der Waals surface area contributed by atoms with Crippen molar-refractivity contribution >= 4 is 15.9 Å². The Kier molecular flexibility index (Phi) is 9.08. The average Bonchev–Trinajstić information content (AvgIpc) is 2.77. The average molecular weight is 471 g/mol. The Hall–Kier alpha value is -2.14. The molecule has 2 N–H and O–H groups in total. The number of hydrogen-bond acceptors (Lipinski definition) is 7. The summed E-state index contributed by atoms with van der Waals surface area (Å²) in [6.07, 6.45) is 1.66. The van der Waals surface area contributed by atoms with E-state index < -0.39 is 16.3 Å².